The van der Waals surface area contributed by atoms with Crippen molar-refractivity contribution in [2.75, 3.05) is 12.0 Å². The summed E-state index contributed by atoms with van der Waals surface area (Å²) >= 11 is 1.66. The van der Waals surface area contributed by atoms with Crippen LogP contribution in [-0.4, -0.2) is 34.3 Å². The summed E-state index contributed by atoms with van der Waals surface area (Å²) in [6.45, 7) is 0. The van der Waals surface area contributed by atoms with Gasteiger partial charge in [0.15, 0.2) is 0 Å². The lowest BCUT2D eigenvalue weighted by Gasteiger charge is -2.08. The monoisotopic (exact) mass is 179 g/mol. The van der Waals surface area contributed by atoms with Crippen LogP contribution in [0.4, 0.5) is 0 Å². The van der Waals surface area contributed by atoms with Crippen molar-refractivity contribution < 1.29 is 15.1 Å². The average molecular weight is 179 g/mol. The van der Waals surface area contributed by atoms with Crippen molar-refractivity contribution in [2.45, 2.75) is 18.9 Å². The van der Waals surface area contributed by atoms with Crippen LogP contribution in [-0.2, 0) is 4.79 Å². The summed E-state index contributed by atoms with van der Waals surface area (Å²) in [6, 6.07) is -0.817. The number of carboxylic acids is 1. The predicted octanol–water partition coefficient (Wildman–Crippen LogP) is 0.562. The molecule has 4 nitrogen and oxygen atoms in total. The molecule has 0 fully saturated rings. The molecule has 0 heterocycles. The van der Waals surface area contributed by atoms with E-state index in [0.29, 0.717) is 6.42 Å². The van der Waals surface area contributed by atoms with Crippen molar-refractivity contribution in [2.24, 2.45) is 0 Å². The lowest BCUT2D eigenvalue weighted by Crippen LogP contribution is -2.34. The Kier molecular flexibility index (Phi) is 6.30. The number of rotatable bonds is 6. The van der Waals surface area contributed by atoms with Gasteiger partial charge < -0.3 is 10.3 Å². The number of carboxylic acid groups (broad SMARTS) is 1. The van der Waals surface area contributed by atoms with Crippen LogP contribution in [0, 0.1) is 0 Å². The molecular formula is C6H13NO3S. The van der Waals surface area contributed by atoms with Crippen LogP contribution in [0.3, 0.4) is 0 Å². The fourth-order valence-electron chi connectivity index (χ4n) is 0.675. The van der Waals surface area contributed by atoms with Crippen LogP contribution < -0.4 is 5.48 Å². The quantitative estimate of drug-likeness (QED) is 0.410. The summed E-state index contributed by atoms with van der Waals surface area (Å²) in [5, 5.41) is 16.8. The van der Waals surface area contributed by atoms with E-state index in [1.165, 1.54) is 0 Å². The Hall–Kier alpha value is -0.260. The standard InChI is InChI=1S/C6H13NO3S/c1-11-4-2-3-5(7-10)6(8)9/h5,7,10H,2-4H2,1H3,(H,8,9). The van der Waals surface area contributed by atoms with E-state index in [1.807, 2.05) is 6.26 Å². The van der Waals surface area contributed by atoms with E-state index in [-0.39, 0.29) is 0 Å². The lowest BCUT2D eigenvalue weighted by atomic mass is 10.2. The molecule has 0 aromatic rings. The van der Waals surface area contributed by atoms with E-state index in [1.54, 1.807) is 17.2 Å². The Morgan fingerprint density at radius 1 is 1.73 bits per heavy atom. The highest BCUT2D eigenvalue weighted by atomic mass is 32.2. The highest BCUT2D eigenvalue weighted by molar-refractivity contribution is 7.98. The van der Waals surface area contributed by atoms with Crippen molar-refractivity contribution in [1.29, 1.82) is 0 Å². The molecule has 0 aliphatic carbocycles. The molecule has 0 aliphatic heterocycles. The summed E-state index contributed by atoms with van der Waals surface area (Å²) in [5.41, 5.74) is 1.75. The van der Waals surface area contributed by atoms with Crippen LogP contribution >= 0.6 is 11.8 Å². The van der Waals surface area contributed by atoms with E-state index in [9.17, 15) is 4.79 Å². The summed E-state index contributed by atoms with van der Waals surface area (Å²) in [5.74, 6) is -0.0838. The van der Waals surface area contributed by atoms with Crippen molar-refractivity contribution >= 4 is 17.7 Å². The predicted molar refractivity (Wildman–Crippen MR) is 44.0 cm³/mol. The Labute approximate surface area is 69.9 Å². The van der Waals surface area contributed by atoms with Gasteiger partial charge in [-0.2, -0.15) is 17.2 Å². The molecule has 0 radical (unpaired) electrons. The molecule has 0 saturated carbocycles. The first-order valence-corrected chi connectivity index (χ1v) is 4.73. The zero-order valence-corrected chi connectivity index (χ0v) is 7.23. The number of aliphatic carboxylic acids is 1. The second kappa shape index (κ2) is 6.45. The SMILES string of the molecule is CSCCCC(NO)C(=O)O. The van der Waals surface area contributed by atoms with E-state index in [4.69, 9.17) is 10.3 Å². The first kappa shape index (κ1) is 10.7. The van der Waals surface area contributed by atoms with Gasteiger partial charge in [-0.25, -0.2) is 0 Å². The Morgan fingerprint density at radius 2 is 2.36 bits per heavy atom. The highest BCUT2D eigenvalue weighted by Gasteiger charge is 2.14. The van der Waals surface area contributed by atoms with E-state index in [2.05, 4.69) is 0 Å². The minimum absolute atomic E-state index is 0.465. The number of nitrogens with one attached hydrogen (secondary N) is 1. The third-order valence-electron chi connectivity index (χ3n) is 1.30. The molecule has 11 heavy (non-hydrogen) atoms. The minimum Gasteiger partial charge on any atom is -0.480 e. The maximum atomic E-state index is 10.3. The maximum Gasteiger partial charge on any atom is 0.323 e. The van der Waals surface area contributed by atoms with Gasteiger partial charge in [-0.15, -0.1) is 0 Å². The fourth-order valence-corrected chi connectivity index (χ4v) is 1.13. The third-order valence-corrected chi connectivity index (χ3v) is 1.99. The van der Waals surface area contributed by atoms with E-state index >= 15 is 0 Å². The second-order valence-corrected chi connectivity index (χ2v) is 3.14. The van der Waals surface area contributed by atoms with Gasteiger partial charge in [-0.05, 0) is 24.9 Å². The average Bonchev–Trinajstić information content (AvgIpc) is 1.97. The molecule has 0 aliphatic rings. The van der Waals surface area contributed by atoms with Gasteiger partial charge in [0.2, 0.25) is 0 Å². The molecule has 1 atom stereocenters. The van der Waals surface area contributed by atoms with Gasteiger partial charge in [0.25, 0.3) is 0 Å². The van der Waals surface area contributed by atoms with E-state index in [0.717, 1.165) is 12.2 Å². The molecule has 66 valence electrons. The molecule has 0 amide bonds. The van der Waals surface area contributed by atoms with E-state index < -0.39 is 12.0 Å². The van der Waals surface area contributed by atoms with Crippen molar-refractivity contribution in [3.05, 3.63) is 0 Å². The van der Waals surface area contributed by atoms with Crippen molar-refractivity contribution in [3.63, 3.8) is 0 Å². The smallest absolute Gasteiger partial charge is 0.323 e. The number of hydrogen-bond acceptors (Lipinski definition) is 4. The van der Waals surface area contributed by atoms with Gasteiger partial charge in [-0.3, -0.25) is 4.79 Å². The highest BCUT2D eigenvalue weighted by Crippen LogP contribution is 2.02. The minimum atomic E-state index is -1.01. The fraction of sp³-hybridized carbons (Fsp3) is 0.833. The molecule has 5 heteroatoms. The summed E-state index contributed by atoms with van der Waals surface area (Å²) in [6.07, 6.45) is 3.22. The normalized spacial score (nSPS) is 12.9. The maximum absolute atomic E-state index is 10.3. The van der Waals surface area contributed by atoms with Gasteiger partial charge in [0.05, 0.1) is 0 Å². The largest absolute Gasteiger partial charge is 0.480 e. The lowest BCUT2D eigenvalue weighted by molar-refractivity contribution is -0.142. The molecule has 0 bridgehead atoms. The van der Waals surface area contributed by atoms with Crippen LogP contribution in [0.1, 0.15) is 12.8 Å². The Bertz CT molecular complexity index is 120. The summed E-state index contributed by atoms with van der Waals surface area (Å²) in [7, 11) is 0. The first-order valence-electron chi connectivity index (χ1n) is 3.33. The molecule has 0 spiro atoms. The number of hydrogen-bond donors (Lipinski definition) is 3. The molecule has 0 aromatic heterocycles. The van der Waals surface area contributed by atoms with Gasteiger partial charge in [0, 0.05) is 0 Å². The Balaban J connectivity index is 3.44. The van der Waals surface area contributed by atoms with Gasteiger partial charge in [-0.1, -0.05) is 0 Å². The first-order chi connectivity index (χ1) is 5.22. The molecule has 1 unspecified atom stereocenters. The van der Waals surface area contributed by atoms with Crippen molar-refractivity contribution in [1.82, 2.24) is 5.48 Å². The topological polar surface area (TPSA) is 69.6 Å². The Morgan fingerprint density at radius 3 is 2.73 bits per heavy atom. The second-order valence-electron chi connectivity index (χ2n) is 2.15. The summed E-state index contributed by atoms with van der Waals surface area (Å²) in [4.78, 5) is 10.3. The third kappa shape index (κ3) is 5.06. The molecular weight excluding hydrogens is 166 g/mol. The van der Waals surface area contributed by atoms with Crippen molar-refractivity contribution in [3.8, 4) is 0 Å². The van der Waals surface area contributed by atoms with Crippen LogP contribution in [0.15, 0.2) is 0 Å². The summed E-state index contributed by atoms with van der Waals surface area (Å²) < 4.78 is 0. The van der Waals surface area contributed by atoms with Crippen LogP contribution in [0.25, 0.3) is 0 Å². The zero-order chi connectivity index (χ0) is 8.69. The van der Waals surface area contributed by atoms with Crippen LogP contribution in [0.5, 0.6) is 0 Å². The number of thioether (sulfide) groups is 1. The van der Waals surface area contributed by atoms with Gasteiger partial charge in [0.1, 0.15) is 6.04 Å². The van der Waals surface area contributed by atoms with Crippen LogP contribution in [0.2, 0.25) is 0 Å². The molecule has 0 saturated heterocycles. The molecule has 0 rings (SSSR count). The molecule has 0 aromatic carbocycles. The van der Waals surface area contributed by atoms with Gasteiger partial charge >= 0.3 is 5.97 Å². The number of hydroxylamine groups is 1. The zero-order valence-electron chi connectivity index (χ0n) is 6.41. The molecule has 3 N–H and O–H groups in total. The number of carbonyl (C=O) groups is 1.